The first-order valence-corrected chi connectivity index (χ1v) is 5.84. The van der Waals surface area contributed by atoms with Crippen LogP contribution in [0.1, 0.15) is 49.9 Å². The summed E-state index contributed by atoms with van der Waals surface area (Å²) in [4.78, 5) is 8.82. The van der Waals surface area contributed by atoms with E-state index in [1.54, 1.807) is 0 Å². The van der Waals surface area contributed by atoms with E-state index in [-0.39, 0.29) is 0 Å². The second-order valence-electron chi connectivity index (χ2n) is 4.44. The summed E-state index contributed by atoms with van der Waals surface area (Å²) in [5.74, 6) is 2.48. The van der Waals surface area contributed by atoms with Crippen LogP contribution in [0.15, 0.2) is 12.4 Å². The number of nitrogens with two attached hydrogens (primary N) is 1. The highest BCUT2D eigenvalue weighted by atomic mass is 14.9. The van der Waals surface area contributed by atoms with Gasteiger partial charge in [0, 0.05) is 30.4 Å². The fourth-order valence-corrected chi connectivity index (χ4v) is 2.36. The topological polar surface area (TPSA) is 51.8 Å². The molecule has 1 aromatic rings. The van der Waals surface area contributed by atoms with E-state index in [2.05, 4.69) is 16.9 Å². The Morgan fingerprint density at radius 3 is 2.60 bits per heavy atom. The first-order valence-electron chi connectivity index (χ1n) is 5.84. The fraction of sp³-hybridized carbons (Fsp3) is 0.667. The second-order valence-corrected chi connectivity index (χ2v) is 4.44. The second kappa shape index (κ2) is 4.71. The van der Waals surface area contributed by atoms with Crippen LogP contribution in [0.5, 0.6) is 0 Å². The van der Waals surface area contributed by atoms with Crippen molar-refractivity contribution in [3.63, 3.8) is 0 Å². The molecule has 2 N–H and O–H groups in total. The highest BCUT2D eigenvalue weighted by Gasteiger charge is 2.26. The van der Waals surface area contributed by atoms with Crippen molar-refractivity contribution in [1.82, 2.24) is 9.97 Å². The predicted molar refractivity (Wildman–Crippen MR) is 60.3 cm³/mol. The molecule has 2 unspecified atom stereocenters. The Bertz CT molecular complexity index is 307. The minimum absolute atomic E-state index is 0.530. The maximum Gasteiger partial charge on any atom is 0.131 e. The molecule has 0 spiro atoms. The molecule has 1 heterocycles. The summed E-state index contributed by atoms with van der Waals surface area (Å²) in [5, 5.41) is 0. The van der Waals surface area contributed by atoms with E-state index in [4.69, 9.17) is 5.73 Å². The van der Waals surface area contributed by atoms with Crippen molar-refractivity contribution >= 4 is 0 Å². The van der Waals surface area contributed by atoms with Crippen molar-refractivity contribution in [3.05, 3.63) is 23.8 Å². The van der Waals surface area contributed by atoms with Gasteiger partial charge in [-0.3, -0.25) is 0 Å². The quantitative estimate of drug-likeness (QED) is 0.823. The van der Waals surface area contributed by atoms with E-state index >= 15 is 0 Å². The zero-order valence-corrected chi connectivity index (χ0v) is 9.32. The smallest absolute Gasteiger partial charge is 0.131 e. The van der Waals surface area contributed by atoms with Gasteiger partial charge in [-0.2, -0.15) is 0 Å². The Kier molecular flexibility index (Phi) is 3.31. The molecule has 0 aliphatic heterocycles. The van der Waals surface area contributed by atoms with E-state index in [1.807, 2.05) is 12.4 Å². The lowest BCUT2D eigenvalue weighted by Crippen LogP contribution is -2.04. The van der Waals surface area contributed by atoms with Gasteiger partial charge < -0.3 is 5.73 Å². The zero-order valence-electron chi connectivity index (χ0n) is 9.32. The van der Waals surface area contributed by atoms with E-state index < -0.39 is 0 Å². The molecule has 3 heteroatoms. The lowest BCUT2D eigenvalue weighted by molar-refractivity contribution is 0.516. The minimum atomic E-state index is 0.530. The predicted octanol–water partition coefficient (Wildman–Crippen LogP) is 2.23. The molecule has 1 saturated carbocycles. The first kappa shape index (κ1) is 10.6. The van der Waals surface area contributed by atoms with Crippen molar-refractivity contribution in [2.24, 2.45) is 11.7 Å². The van der Waals surface area contributed by atoms with Crippen molar-refractivity contribution in [2.75, 3.05) is 0 Å². The summed E-state index contributed by atoms with van der Waals surface area (Å²) >= 11 is 0. The number of rotatable bonds is 3. The van der Waals surface area contributed by atoms with Gasteiger partial charge in [0.1, 0.15) is 5.82 Å². The summed E-state index contributed by atoms with van der Waals surface area (Å²) in [7, 11) is 0. The number of nitrogens with zero attached hydrogens (tertiary/aromatic N) is 2. The molecule has 0 saturated heterocycles. The molecule has 15 heavy (non-hydrogen) atoms. The molecular weight excluding hydrogens is 186 g/mol. The van der Waals surface area contributed by atoms with Crippen LogP contribution in [-0.4, -0.2) is 9.97 Å². The number of hydrogen-bond acceptors (Lipinski definition) is 3. The van der Waals surface area contributed by atoms with Gasteiger partial charge in [-0.15, -0.1) is 0 Å². The normalized spacial score (nSPS) is 25.7. The van der Waals surface area contributed by atoms with Crippen molar-refractivity contribution in [2.45, 2.75) is 45.1 Å². The maximum atomic E-state index is 5.52. The van der Waals surface area contributed by atoms with E-state index in [1.165, 1.54) is 25.7 Å². The van der Waals surface area contributed by atoms with Crippen LogP contribution in [-0.2, 0) is 6.54 Å². The van der Waals surface area contributed by atoms with Crippen LogP contribution in [0, 0.1) is 5.92 Å². The van der Waals surface area contributed by atoms with E-state index in [0.717, 1.165) is 17.3 Å². The molecule has 1 aliphatic carbocycles. The SMILES string of the molecule is CCC1CCC(c2ncc(CN)cn2)C1. The van der Waals surface area contributed by atoms with Crippen LogP contribution >= 0.6 is 0 Å². The highest BCUT2D eigenvalue weighted by Crippen LogP contribution is 2.37. The summed E-state index contributed by atoms with van der Waals surface area (Å²) < 4.78 is 0. The van der Waals surface area contributed by atoms with Crippen LogP contribution in [0.2, 0.25) is 0 Å². The fourth-order valence-electron chi connectivity index (χ4n) is 2.36. The Hall–Kier alpha value is -0.960. The number of aromatic nitrogens is 2. The monoisotopic (exact) mass is 205 g/mol. The van der Waals surface area contributed by atoms with Gasteiger partial charge in [-0.25, -0.2) is 9.97 Å². The van der Waals surface area contributed by atoms with Gasteiger partial charge in [-0.1, -0.05) is 13.3 Å². The molecule has 3 nitrogen and oxygen atoms in total. The van der Waals surface area contributed by atoms with Gasteiger partial charge in [0.25, 0.3) is 0 Å². The number of hydrogen-bond donors (Lipinski definition) is 1. The Balaban J connectivity index is 2.04. The molecule has 82 valence electrons. The molecule has 0 aromatic carbocycles. The lowest BCUT2D eigenvalue weighted by atomic mass is 10.0. The highest BCUT2D eigenvalue weighted by molar-refractivity contribution is 5.08. The average Bonchev–Trinajstić information content (AvgIpc) is 2.78. The largest absolute Gasteiger partial charge is 0.326 e. The summed E-state index contributed by atoms with van der Waals surface area (Å²) in [5.41, 5.74) is 6.53. The van der Waals surface area contributed by atoms with Gasteiger partial charge >= 0.3 is 0 Å². The van der Waals surface area contributed by atoms with Crippen LogP contribution in [0.3, 0.4) is 0 Å². The van der Waals surface area contributed by atoms with E-state index in [0.29, 0.717) is 12.5 Å². The molecule has 1 aliphatic rings. The van der Waals surface area contributed by atoms with Gasteiger partial charge in [0.05, 0.1) is 0 Å². The molecule has 0 amide bonds. The third kappa shape index (κ3) is 2.34. The third-order valence-electron chi connectivity index (χ3n) is 3.44. The Morgan fingerprint density at radius 1 is 1.33 bits per heavy atom. The molecular formula is C12H19N3. The molecule has 0 radical (unpaired) electrons. The first-order chi connectivity index (χ1) is 7.33. The summed E-state index contributed by atoms with van der Waals surface area (Å²) in [6.07, 6.45) is 8.86. The van der Waals surface area contributed by atoms with Crippen LogP contribution < -0.4 is 5.73 Å². The summed E-state index contributed by atoms with van der Waals surface area (Å²) in [6, 6.07) is 0. The maximum absolute atomic E-state index is 5.52. The van der Waals surface area contributed by atoms with Gasteiger partial charge in [0.15, 0.2) is 0 Å². The Morgan fingerprint density at radius 2 is 2.07 bits per heavy atom. The van der Waals surface area contributed by atoms with Gasteiger partial charge in [0.2, 0.25) is 0 Å². The third-order valence-corrected chi connectivity index (χ3v) is 3.44. The van der Waals surface area contributed by atoms with Crippen molar-refractivity contribution < 1.29 is 0 Å². The Labute approximate surface area is 91.1 Å². The lowest BCUT2D eigenvalue weighted by Gasteiger charge is -2.08. The van der Waals surface area contributed by atoms with E-state index in [9.17, 15) is 0 Å². The summed E-state index contributed by atoms with van der Waals surface area (Å²) in [6.45, 7) is 2.80. The van der Waals surface area contributed by atoms with Crippen LogP contribution in [0.4, 0.5) is 0 Å². The average molecular weight is 205 g/mol. The molecule has 1 aromatic heterocycles. The molecule has 2 rings (SSSR count). The standard InChI is InChI=1S/C12H19N3/c1-2-9-3-4-11(5-9)12-14-7-10(6-13)8-15-12/h7-9,11H,2-6,13H2,1H3. The van der Waals surface area contributed by atoms with Crippen molar-refractivity contribution in [1.29, 1.82) is 0 Å². The zero-order chi connectivity index (χ0) is 10.7. The molecule has 1 fully saturated rings. The van der Waals surface area contributed by atoms with Crippen molar-refractivity contribution in [3.8, 4) is 0 Å². The van der Waals surface area contributed by atoms with Gasteiger partial charge in [-0.05, 0) is 25.2 Å². The molecule has 2 atom stereocenters. The van der Waals surface area contributed by atoms with Crippen LogP contribution in [0.25, 0.3) is 0 Å². The molecule has 0 bridgehead atoms. The minimum Gasteiger partial charge on any atom is -0.326 e.